The third kappa shape index (κ3) is 5.37. The lowest BCUT2D eigenvalue weighted by Gasteiger charge is -2.31. The predicted molar refractivity (Wildman–Crippen MR) is 82.7 cm³/mol. The van der Waals surface area contributed by atoms with Gasteiger partial charge < -0.3 is 4.90 Å². The number of Topliss-reactive ketones (excluding diaryl/α,β-unsaturated/α-hetero) is 1. The summed E-state index contributed by atoms with van der Waals surface area (Å²) < 4.78 is 0. The van der Waals surface area contributed by atoms with Crippen molar-refractivity contribution in [3.63, 3.8) is 0 Å². The topological polar surface area (TPSA) is 20.3 Å². The van der Waals surface area contributed by atoms with E-state index in [1.54, 1.807) is 6.92 Å². The van der Waals surface area contributed by atoms with Gasteiger partial charge in [-0.2, -0.15) is 11.8 Å². The maximum atomic E-state index is 11.0. The summed E-state index contributed by atoms with van der Waals surface area (Å²) in [4.78, 5) is 13.5. The third-order valence-corrected chi connectivity index (χ3v) is 5.13. The van der Waals surface area contributed by atoms with E-state index >= 15 is 0 Å². The number of piperidine rings is 1. The molecule has 0 N–H and O–H groups in total. The van der Waals surface area contributed by atoms with Gasteiger partial charge in [0.1, 0.15) is 5.78 Å². The Bertz CT molecular complexity index is 385. The van der Waals surface area contributed by atoms with Crippen LogP contribution in [0.3, 0.4) is 0 Å². The summed E-state index contributed by atoms with van der Waals surface area (Å²) in [6.45, 7) is 5.21. The van der Waals surface area contributed by atoms with E-state index in [-0.39, 0.29) is 0 Å². The number of nitrogens with zero attached hydrogens (tertiary/aromatic N) is 1. The monoisotopic (exact) mass is 277 g/mol. The molecule has 1 aromatic rings. The van der Waals surface area contributed by atoms with E-state index in [2.05, 4.69) is 35.2 Å². The molecule has 2 rings (SSSR count). The van der Waals surface area contributed by atoms with Crippen LogP contribution in [0.15, 0.2) is 30.3 Å². The van der Waals surface area contributed by atoms with Crippen LogP contribution in [0.25, 0.3) is 0 Å². The quantitative estimate of drug-likeness (QED) is 0.797. The van der Waals surface area contributed by atoms with Gasteiger partial charge in [0, 0.05) is 11.8 Å². The van der Waals surface area contributed by atoms with E-state index in [0.717, 1.165) is 13.0 Å². The molecule has 1 aromatic carbocycles. The van der Waals surface area contributed by atoms with Crippen LogP contribution >= 0.6 is 11.8 Å². The van der Waals surface area contributed by atoms with E-state index in [1.807, 2.05) is 11.8 Å². The lowest BCUT2D eigenvalue weighted by atomic mass is 10.1. The first kappa shape index (κ1) is 14.6. The van der Waals surface area contributed by atoms with Crippen molar-refractivity contribution in [1.29, 1.82) is 0 Å². The zero-order valence-electron chi connectivity index (χ0n) is 11.7. The molecular formula is C16H23NOS. The first-order valence-corrected chi connectivity index (χ1v) is 8.16. The van der Waals surface area contributed by atoms with Crippen LogP contribution in [0.5, 0.6) is 0 Å². The van der Waals surface area contributed by atoms with Gasteiger partial charge in [-0.3, -0.25) is 4.79 Å². The van der Waals surface area contributed by atoms with Crippen molar-refractivity contribution in [2.45, 2.75) is 31.4 Å². The van der Waals surface area contributed by atoms with Gasteiger partial charge in [0.2, 0.25) is 0 Å². The van der Waals surface area contributed by atoms with Crippen LogP contribution in [-0.4, -0.2) is 41.3 Å². The summed E-state index contributed by atoms with van der Waals surface area (Å²) in [6, 6.07) is 10.7. The molecule has 2 nitrogen and oxygen atoms in total. The lowest BCUT2D eigenvalue weighted by molar-refractivity contribution is -0.114. The molecule has 3 heteroatoms. The maximum absolute atomic E-state index is 11.0. The highest BCUT2D eigenvalue weighted by atomic mass is 32.2. The van der Waals surface area contributed by atoms with Gasteiger partial charge in [-0.25, -0.2) is 0 Å². The number of rotatable bonds is 6. The van der Waals surface area contributed by atoms with Crippen LogP contribution < -0.4 is 0 Å². The molecule has 104 valence electrons. The van der Waals surface area contributed by atoms with Gasteiger partial charge in [0.25, 0.3) is 0 Å². The zero-order chi connectivity index (χ0) is 13.5. The van der Waals surface area contributed by atoms with Crippen LogP contribution in [0, 0.1) is 0 Å². The first-order valence-electron chi connectivity index (χ1n) is 7.11. The Balaban J connectivity index is 1.65. The summed E-state index contributed by atoms with van der Waals surface area (Å²) >= 11 is 1.85. The maximum Gasteiger partial charge on any atom is 0.139 e. The van der Waals surface area contributed by atoms with Crippen molar-refractivity contribution >= 4 is 17.5 Å². The molecule has 0 atom stereocenters. The van der Waals surface area contributed by atoms with Crippen molar-refractivity contribution in [3.8, 4) is 0 Å². The average Bonchev–Trinajstić information content (AvgIpc) is 2.45. The van der Waals surface area contributed by atoms with Crippen LogP contribution in [0.2, 0.25) is 0 Å². The van der Waals surface area contributed by atoms with Gasteiger partial charge in [-0.05, 0) is 44.8 Å². The zero-order valence-corrected chi connectivity index (χ0v) is 12.5. The van der Waals surface area contributed by atoms with Crippen molar-refractivity contribution < 1.29 is 4.79 Å². The van der Waals surface area contributed by atoms with Crippen LogP contribution in [0.4, 0.5) is 0 Å². The summed E-state index contributed by atoms with van der Waals surface area (Å²) in [7, 11) is 0. The minimum Gasteiger partial charge on any atom is -0.303 e. The highest BCUT2D eigenvalue weighted by Gasteiger charge is 2.19. The van der Waals surface area contributed by atoms with E-state index in [0.29, 0.717) is 16.8 Å². The van der Waals surface area contributed by atoms with Crippen molar-refractivity contribution in [2.75, 3.05) is 25.4 Å². The molecular weight excluding hydrogens is 254 g/mol. The number of likely N-dealkylation sites (tertiary alicyclic amines) is 1. The van der Waals surface area contributed by atoms with Crippen LogP contribution in [0.1, 0.15) is 25.3 Å². The Labute approximate surface area is 120 Å². The highest BCUT2D eigenvalue weighted by Crippen LogP contribution is 2.23. The van der Waals surface area contributed by atoms with E-state index in [9.17, 15) is 4.79 Å². The molecule has 1 saturated heterocycles. The summed E-state index contributed by atoms with van der Waals surface area (Å²) in [6.07, 6.45) is 3.60. The number of benzene rings is 1. The molecule has 0 amide bonds. The predicted octanol–water partition coefficient (Wildman–Crippen LogP) is 3.02. The lowest BCUT2D eigenvalue weighted by Crippen LogP contribution is -2.36. The molecule has 0 saturated carbocycles. The Kier molecular flexibility index (Phi) is 5.93. The largest absolute Gasteiger partial charge is 0.303 e. The number of hydrogen-bond donors (Lipinski definition) is 0. The van der Waals surface area contributed by atoms with Crippen molar-refractivity contribution in [1.82, 2.24) is 4.90 Å². The van der Waals surface area contributed by atoms with E-state index < -0.39 is 0 Å². The molecule has 0 bridgehead atoms. The number of thioether (sulfide) groups is 1. The SMILES string of the molecule is CC(=O)CSC1CCN(CCc2ccccc2)CC1. The Morgan fingerprint density at radius 2 is 1.95 bits per heavy atom. The second-order valence-corrected chi connectivity index (χ2v) is 6.58. The Morgan fingerprint density at radius 1 is 1.26 bits per heavy atom. The molecule has 19 heavy (non-hydrogen) atoms. The van der Waals surface area contributed by atoms with Gasteiger partial charge in [0.05, 0.1) is 5.75 Å². The smallest absolute Gasteiger partial charge is 0.139 e. The molecule has 1 aliphatic heterocycles. The van der Waals surface area contributed by atoms with E-state index in [1.165, 1.54) is 31.5 Å². The summed E-state index contributed by atoms with van der Waals surface area (Å²) in [5.41, 5.74) is 1.43. The second kappa shape index (κ2) is 7.71. The van der Waals surface area contributed by atoms with Gasteiger partial charge in [-0.1, -0.05) is 30.3 Å². The second-order valence-electron chi connectivity index (χ2n) is 5.29. The molecule has 1 aliphatic rings. The van der Waals surface area contributed by atoms with Gasteiger partial charge in [-0.15, -0.1) is 0 Å². The highest BCUT2D eigenvalue weighted by molar-refractivity contribution is 8.00. The van der Waals surface area contributed by atoms with Crippen LogP contribution in [-0.2, 0) is 11.2 Å². The first-order chi connectivity index (χ1) is 9.24. The molecule has 0 aliphatic carbocycles. The Morgan fingerprint density at radius 3 is 2.58 bits per heavy atom. The molecule has 0 aromatic heterocycles. The number of hydrogen-bond acceptors (Lipinski definition) is 3. The summed E-state index contributed by atoms with van der Waals surface area (Å²) in [5, 5.41) is 0.692. The molecule has 0 radical (unpaired) electrons. The molecule has 0 spiro atoms. The molecule has 1 heterocycles. The standard InChI is InChI=1S/C16H23NOS/c1-14(18)13-19-16-8-11-17(12-9-16)10-7-15-5-3-2-4-6-15/h2-6,16H,7-13H2,1H3. The van der Waals surface area contributed by atoms with E-state index in [4.69, 9.17) is 0 Å². The third-order valence-electron chi connectivity index (χ3n) is 3.62. The van der Waals surface area contributed by atoms with Gasteiger partial charge >= 0.3 is 0 Å². The summed E-state index contributed by atoms with van der Waals surface area (Å²) in [5.74, 6) is 0.991. The van der Waals surface area contributed by atoms with Crippen molar-refractivity contribution in [3.05, 3.63) is 35.9 Å². The Hall–Kier alpha value is -0.800. The minimum atomic E-state index is 0.302. The minimum absolute atomic E-state index is 0.302. The fourth-order valence-corrected chi connectivity index (χ4v) is 3.48. The number of ketones is 1. The fraction of sp³-hybridized carbons (Fsp3) is 0.562. The molecule has 1 fully saturated rings. The number of carbonyl (C=O) groups is 1. The van der Waals surface area contributed by atoms with Gasteiger partial charge in [0.15, 0.2) is 0 Å². The fourth-order valence-electron chi connectivity index (χ4n) is 2.47. The normalized spacial score (nSPS) is 17.5. The molecule has 0 unspecified atom stereocenters. The average molecular weight is 277 g/mol. The number of carbonyl (C=O) groups excluding carboxylic acids is 1. The van der Waals surface area contributed by atoms with Crippen molar-refractivity contribution in [2.24, 2.45) is 0 Å².